The fourth-order valence-corrected chi connectivity index (χ4v) is 3.14. The van der Waals surface area contributed by atoms with Crippen LogP contribution in [0.15, 0.2) is 35.9 Å². The van der Waals surface area contributed by atoms with Crippen LogP contribution < -0.4 is 10.5 Å². The van der Waals surface area contributed by atoms with E-state index in [2.05, 4.69) is 0 Å². The summed E-state index contributed by atoms with van der Waals surface area (Å²) in [4.78, 5) is 14.4. The Morgan fingerprint density at radius 3 is 2.91 bits per heavy atom. The van der Waals surface area contributed by atoms with Crippen molar-refractivity contribution in [2.75, 3.05) is 20.2 Å². The number of para-hydroxylation sites is 1. The number of carbonyl (C=O) groups excluding carboxylic acids is 1. The number of ether oxygens (including phenoxy) is 1. The van der Waals surface area contributed by atoms with Crippen LogP contribution in [-0.2, 0) is 11.2 Å². The van der Waals surface area contributed by atoms with E-state index in [0.717, 1.165) is 49.2 Å². The summed E-state index contributed by atoms with van der Waals surface area (Å²) in [5.74, 6) is 1.38. The average molecular weight is 316 g/mol. The molecular weight excluding hydrogens is 288 g/mol. The van der Waals surface area contributed by atoms with E-state index in [1.54, 1.807) is 13.2 Å². The van der Waals surface area contributed by atoms with Gasteiger partial charge in [-0.2, -0.15) is 0 Å². The van der Waals surface area contributed by atoms with Crippen molar-refractivity contribution in [3.63, 3.8) is 0 Å². The van der Waals surface area contributed by atoms with E-state index in [0.29, 0.717) is 5.92 Å². The topological polar surface area (TPSA) is 55.6 Å². The van der Waals surface area contributed by atoms with Gasteiger partial charge in [-0.05, 0) is 50.7 Å². The zero-order valence-electron chi connectivity index (χ0n) is 14.4. The molecule has 0 spiro atoms. The maximum Gasteiger partial charge on any atom is 0.246 e. The molecule has 0 aromatic heterocycles. The highest BCUT2D eigenvalue weighted by Gasteiger charge is 2.24. The Labute approximate surface area is 139 Å². The number of nitrogens with two attached hydrogens (primary N) is 1. The molecule has 0 aliphatic carbocycles. The molecule has 2 N–H and O–H groups in total. The van der Waals surface area contributed by atoms with Gasteiger partial charge in [-0.1, -0.05) is 23.8 Å². The van der Waals surface area contributed by atoms with Crippen molar-refractivity contribution < 1.29 is 9.53 Å². The lowest BCUT2D eigenvalue weighted by Gasteiger charge is -2.34. The molecule has 0 bridgehead atoms. The Bertz CT molecular complexity index is 566. The second-order valence-electron chi connectivity index (χ2n) is 6.52. The Hall–Kier alpha value is -1.81. The summed E-state index contributed by atoms with van der Waals surface area (Å²) in [6.07, 6.45) is 4.64. The largest absolute Gasteiger partial charge is 0.496 e. The molecule has 23 heavy (non-hydrogen) atoms. The van der Waals surface area contributed by atoms with Crippen molar-refractivity contribution in [2.45, 2.75) is 39.2 Å². The number of piperidine rings is 1. The van der Waals surface area contributed by atoms with Crippen molar-refractivity contribution in [1.82, 2.24) is 4.90 Å². The molecule has 1 aromatic rings. The fraction of sp³-hybridized carbons (Fsp3) is 0.526. The van der Waals surface area contributed by atoms with Gasteiger partial charge in [-0.25, -0.2) is 0 Å². The van der Waals surface area contributed by atoms with Crippen molar-refractivity contribution in [2.24, 2.45) is 11.7 Å². The number of hydrogen-bond acceptors (Lipinski definition) is 3. The third kappa shape index (κ3) is 4.83. The van der Waals surface area contributed by atoms with E-state index in [-0.39, 0.29) is 11.9 Å². The van der Waals surface area contributed by atoms with Gasteiger partial charge in [0.15, 0.2) is 0 Å². The van der Waals surface area contributed by atoms with Crippen LogP contribution in [0.1, 0.15) is 32.3 Å². The lowest BCUT2D eigenvalue weighted by atomic mass is 9.92. The molecule has 1 heterocycles. The summed E-state index contributed by atoms with van der Waals surface area (Å²) in [5.41, 5.74) is 8.14. The van der Waals surface area contributed by atoms with Crippen molar-refractivity contribution in [1.29, 1.82) is 0 Å². The molecule has 4 nitrogen and oxygen atoms in total. The number of nitrogens with zero attached hydrogens (tertiary/aromatic N) is 1. The second kappa shape index (κ2) is 8.16. The van der Waals surface area contributed by atoms with Crippen LogP contribution >= 0.6 is 0 Å². The SMILES string of the molecule is COc1ccccc1C/C(C)=C/C(=O)N1CCCC(C(C)N)C1. The number of rotatable bonds is 5. The summed E-state index contributed by atoms with van der Waals surface area (Å²) in [7, 11) is 1.67. The lowest BCUT2D eigenvalue weighted by Crippen LogP contribution is -2.44. The zero-order chi connectivity index (χ0) is 16.8. The number of hydrogen-bond donors (Lipinski definition) is 1. The standard InChI is InChI=1S/C19H28N2O2/c1-14(11-16-7-4-5-9-18(16)23-3)12-19(22)21-10-6-8-17(13-21)15(2)20/h4-5,7,9,12,15,17H,6,8,10-11,13,20H2,1-3H3/b14-12+. The van der Waals surface area contributed by atoms with Crippen LogP contribution in [0.4, 0.5) is 0 Å². The van der Waals surface area contributed by atoms with Crippen LogP contribution in [0.5, 0.6) is 5.75 Å². The van der Waals surface area contributed by atoms with E-state index in [1.165, 1.54) is 0 Å². The molecule has 0 saturated carbocycles. The number of methoxy groups -OCH3 is 1. The highest BCUT2D eigenvalue weighted by Crippen LogP contribution is 2.22. The van der Waals surface area contributed by atoms with E-state index in [9.17, 15) is 4.79 Å². The summed E-state index contributed by atoms with van der Waals surface area (Å²) < 4.78 is 5.37. The summed E-state index contributed by atoms with van der Waals surface area (Å²) in [6, 6.07) is 8.07. The Morgan fingerprint density at radius 2 is 2.22 bits per heavy atom. The fourth-order valence-electron chi connectivity index (χ4n) is 3.14. The zero-order valence-corrected chi connectivity index (χ0v) is 14.4. The van der Waals surface area contributed by atoms with Gasteiger partial charge in [0, 0.05) is 25.2 Å². The van der Waals surface area contributed by atoms with Crippen molar-refractivity contribution in [3.05, 3.63) is 41.5 Å². The smallest absolute Gasteiger partial charge is 0.246 e. The summed E-state index contributed by atoms with van der Waals surface area (Å²) in [6.45, 7) is 5.63. The number of benzene rings is 1. The van der Waals surface area contributed by atoms with E-state index in [1.807, 2.05) is 43.0 Å². The molecule has 126 valence electrons. The molecule has 1 aromatic carbocycles. The van der Waals surface area contributed by atoms with Crippen LogP contribution in [0.25, 0.3) is 0 Å². The van der Waals surface area contributed by atoms with Gasteiger partial charge in [0.2, 0.25) is 5.91 Å². The van der Waals surface area contributed by atoms with Gasteiger partial charge in [0.25, 0.3) is 0 Å². The molecule has 1 fully saturated rings. The molecule has 1 saturated heterocycles. The van der Waals surface area contributed by atoms with Gasteiger partial charge in [-0.3, -0.25) is 4.79 Å². The number of likely N-dealkylation sites (tertiary alicyclic amines) is 1. The van der Waals surface area contributed by atoms with E-state index in [4.69, 9.17) is 10.5 Å². The summed E-state index contributed by atoms with van der Waals surface area (Å²) in [5, 5.41) is 0. The number of amides is 1. The van der Waals surface area contributed by atoms with Gasteiger partial charge in [0.05, 0.1) is 7.11 Å². The first-order chi connectivity index (χ1) is 11.0. The van der Waals surface area contributed by atoms with Crippen LogP contribution in [0.3, 0.4) is 0 Å². The molecule has 4 heteroatoms. The molecule has 2 rings (SSSR count). The predicted octanol–water partition coefficient (Wildman–Crippen LogP) is 2.77. The molecule has 2 atom stereocenters. The normalized spacial score (nSPS) is 20.3. The first kappa shape index (κ1) is 17.5. The van der Waals surface area contributed by atoms with E-state index >= 15 is 0 Å². The minimum atomic E-state index is 0.0998. The highest BCUT2D eigenvalue weighted by molar-refractivity contribution is 5.88. The molecule has 1 aliphatic rings. The Kier molecular flexibility index (Phi) is 6.22. The van der Waals surface area contributed by atoms with Crippen molar-refractivity contribution >= 4 is 5.91 Å². The molecule has 1 amide bonds. The van der Waals surface area contributed by atoms with Gasteiger partial charge in [0.1, 0.15) is 5.75 Å². The maximum absolute atomic E-state index is 12.5. The average Bonchev–Trinajstić information content (AvgIpc) is 2.55. The minimum absolute atomic E-state index is 0.0998. The first-order valence-electron chi connectivity index (χ1n) is 8.34. The van der Waals surface area contributed by atoms with Crippen molar-refractivity contribution in [3.8, 4) is 5.75 Å². The Balaban J connectivity index is 2.01. The third-order valence-corrected chi connectivity index (χ3v) is 4.54. The molecule has 2 unspecified atom stereocenters. The number of allylic oxidation sites excluding steroid dienone is 1. The summed E-state index contributed by atoms with van der Waals surface area (Å²) >= 11 is 0. The van der Waals surface area contributed by atoms with Gasteiger partial charge in [-0.15, -0.1) is 0 Å². The van der Waals surface area contributed by atoms with E-state index < -0.39 is 0 Å². The van der Waals surface area contributed by atoms with Gasteiger partial charge >= 0.3 is 0 Å². The van der Waals surface area contributed by atoms with Crippen LogP contribution in [0, 0.1) is 5.92 Å². The lowest BCUT2D eigenvalue weighted by molar-refractivity contribution is -0.127. The molecule has 1 aliphatic heterocycles. The third-order valence-electron chi connectivity index (χ3n) is 4.54. The minimum Gasteiger partial charge on any atom is -0.496 e. The quantitative estimate of drug-likeness (QED) is 0.850. The van der Waals surface area contributed by atoms with Crippen LogP contribution in [-0.4, -0.2) is 37.0 Å². The second-order valence-corrected chi connectivity index (χ2v) is 6.52. The number of carbonyl (C=O) groups is 1. The maximum atomic E-state index is 12.5. The molecular formula is C19H28N2O2. The Morgan fingerprint density at radius 1 is 1.48 bits per heavy atom. The first-order valence-corrected chi connectivity index (χ1v) is 8.34. The van der Waals surface area contributed by atoms with Gasteiger partial charge < -0.3 is 15.4 Å². The molecule has 0 radical (unpaired) electrons. The predicted molar refractivity (Wildman–Crippen MR) is 93.4 cm³/mol. The monoisotopic (exact) mass is 316 g/mol. The highest BCUT2D eigenvalue weighted by atomic mass is 16.5. The van der Waals surface area contributed by atoms with Crippen LogP contribution in [0.2, 0.25) is 0 Å².